The van der Waals surface area contributed by atoms with Gasteiger partial charge in [0.2, 0.25) is 0 Å². The maximum atomic E-state index is 5.28. The lowest BCUT2D eigenvalue weighted by Gasteiger charge is -2.17. The maximum Gasteiger partial charge on any atom is 0.166 e. The Hall–Kier alpha value is -7.21. The number of aryl methyl sites for hydroxylation is 1. The maximum absolute atomic E-state index is 5.28. The predicted octanol–water partition coefficient (Wildman–Crippen LogP) is 14.0. The molecule has 0 saturated heterocycles. The molecule has 11 aromatic rings. The highest BCUT2D eigenvalue weighted by molar-refractivity contribution is 7.25. The molecule has 0 fully saturated rings. The first kappa shape index (κ1) is 33.2. The summed E-state index contributed by atoms with van der Waals surface area (Å²) in [6.45, 7) is 2.15. The van der Waals surface area contributed by atoms with Crippen LogP contribution in [0.2, 0.25) is 0 Å². The van der Waals surface area contributed by atoms with Crippen molar-refractivity contribution in [1.82, 2.24) is 19.5 Å². The lowest BCUT2D eigenvalue weighted by molar-refractivity contribution is 1.06. The molecule has 11 rings (SSSR count). The van der Waals surface area contributed by atoms with Gasteiger partial charge in [0.15, 0.2) is 17.5 Å². The Morgan fingerprint density at radius 1 is 0.368 bits per heavy atom. The molecular weight excluding hydrogens is 713 g/mol. The van der Waals surface area contributed by atoms with E-state index < -0.39 is 0 Å². The average molecular weight is 747 g/mol. The monoisotopic (exact) mass is 746 g/mol. The van der Waals surface area contributed by atoms with Crippen LogP contribution in [0.3, 0.4) is 0 Å². The van der Waals surface area contributed by atoms with Gasteiger partial charge >= 0.3 is 0 Å². The van der Waals surface area contributed by atoms with Crippen molar-refractivity contribution in [2.45, 2.75) is 6.92 Å². The summed E-state index contributed by atoms with van der Waals surface area (Å²) in [4.78, 5) is 15.6. The molecule has 0 spiro atoms. The third kappa shape index (κ3) is 5.79. The fourth-order valence-electron chi connectivity index (χ4n) is 8.16. The van der Waals surface area contributed by atoms with Gasteiger partial charge in [0.25, 0.3) is 0 Å². The lowest BCUT2D eigenvalue weighted by Crippen LogP contribution is -2.04. The van der Waals surface area contributed by atoms with Crippen LogP contribution in [-0.2, 0) is 0 Å². The first-order chi connectivity index (χ1) is 28.1. The van der Waals surface area contributed by atoms with Crippen molar-refractivity contribution >= 4 is 53.3 Å². The number of thiophene rings is 1. The summed E-state index contributed by atoms with van der Waals surface area (Å²) in [6, 6.07) is 66.9. The zero-order valence-electron chi connectivity index (χ0n) is 31.1. The molecule has 0 aliphatic carbocycles. The van der Waals surface area contributed by atoms with E-state index >= 15 is 0 Å². The summed E-state index contributed by atoms with van der Waals surface area (Å²) < 4.78 is 4.96. The second kappa shape index (κ2) is 13.5. The third-order valence-electron chi connectivity index (χ3n) is 10.9. The Labute approximate surface area is 334 Å². The quantitative estimate of drug-likeness (QED) is 0.170. The lowest BCUT2D eigenvalue weighted by atomic mass is 9.99. The van der Waals surface area contributed by atoms with Gasteiger partial charge in [-0.25, -0.2) is 15.0 Å². The minimum Gasteiger partial charge on any atom is -0.308 e. The Balaban J connectivity index is 1.20. The second-order valence-corrected chi connectivity index (χ2v) is 15.6. The van der Waals surface area contributed by atoms with E-state index in [0.29, 0.717) is 17.5 Å². The van der Waals surface area contributed by atoms with Gasteiger partial charge in [-0.3, -0.25) is 0 Å². The molecule has 57 heavy (non-hydrogen) atoms. The standard InChI is InChI=1S/C52H34N4S/c1-33-13-12-18-36(29-33)38-23-26-41-40-19-8-10-21-45(40)56(47(41)31-38)46-28-25-37(39-24-27-43-42-20-9-11-22-48(42)57-49(43)32-39)30-44(46)52-54-50(34-14-4-2-5-15-34)53-51(55-52)35-16-6-3-7-17-35/h2-32H,1H3. The van der Waals surface area contributed by atoms with E-state index in [1.165, 1.54) is 47.6 Å². The highest BCUT2D eigenvalue weighted by Gasteiger charge is 2.21. The molecule has 0 atom stereocenters. The molecule has 3 heterocycles. The number of hydrogen-bond donors (Lipinski definition) is 0. The molecule has 0 aliphatic rings. The topological polar surface area (TPSA) is 43.6 Å². The van der Waals surface area contributed by atoms with Crippen LogP contribution in [0.1, 0.15) is 5.56 Å². The summed E-state index contributed by atoms with van der Waals surface area (Å²) in [5.41, 5.74) is 11.9. The summed E-state index contributed by atoms with van der Waals surface area (Å²) in [5.74, 6) is 1.88. The summed E-state index contributed by atoms with van der Waals surface area (Å²) in [5, 5.41) is 4.96. The van der Waals surface area contributed by atoms with Crippen molar-refractivity contribution in [2.75, 3.05) is 0 Å². The normalized spacial score (nSPS) is 11.6. The van der Waals surface area contributed by atoms with Crippen LogP contribution in [0.5, 0.6) is 0 Å². The van der Waals surface area contributed by atoms with Gasteiger partial charge in [-0.15, -0.1) is 11.3 Å². The van der Waals surface area contributed by atoms with Crippen LogP contribution in [-0.4, -0.2) is 19.5 Å². The van der Waals surface area contributed by atoms with Crippen LogP contribution in [0, 0.1) is 6.92 Å². The third-order valence-corrected chi connectivity index (χ3v) is 12.0. The fraction of sp³-hybridized carbons (Fsp3) is 0.0192. The van der Waals surface area contributed by atoms with Crippen LogP contribution in [0.4, 0.5) is 0 Å². The number of aromatic nitrogens is 4. The van der Waals surface area contributed by atoms with Gasteiger partial charge in [-0.05, 0) is 65.6 Å². The Kier molecular flexibility index (Phi) is 7.86. The molecule has 0 aliphatic heterocycles. The van der Waals surface area contributed by atoms with Gasteiger partial charge in [0.1, 0.15) is 0 Å². The number of benzene rings is 8. The molecule has 0 radical (unpaired) electrons. The Morgan fingerprint density at radius 2 is 0.912 bits per heavy atom. The molecule has 8 aromatic carbocycles. The molecule has 0 amide bonds. The Bertz CT molecular complexity index is 3250. The minimum atomic E-state index is 0.614. The number of hydrogen-bond acceptors (Lipinski definition) is 4. The van der Waals surface area contributed by atoms with Crippen molar-refractivity contribution < 1.29 is 0 Å². The SMILES string of the molecule is Cc1cccc(-c2ccc3c4ccccc4n(-c4ccc(-c5ccc6c(c5)sc5ccccc56)cc4-c4nc(-c5ccccc5)nc(-c5ccccc5)n4)c3c2)c1. The van der Waals surface area contributed by atoms with Crippen molar-refractivity contribution in [3.8, 4) is 62.1 Å². The number of nitrogens with zero attached hydrogens (tertiary/aromatic N) is 4. The molecule has 3 aromatic heterocycles. The number of para-hydroxylation sites is 1. The van der Waals surface area contributed by atoms with Crippen molar-refractivity contribution in [1.29, 1.82) is 0 Å². The van der Waals surface area contributed by atoms with Crippen LogP contribution < -0.4 is 0 Å². The number of rotatable bonds is 6. The largest absolute Gasteiger partial charge is 0.308 e. The first-order valence-electron chi connectivity index (χ1n) is 19.2. The van der Waals surface area contributed by atoms with E-state index in [1.807, 2.05) is 47.7 Å². The Morgan fingerprint density at radius 3 is 1.67 bits per heavy atom. The smallest absolute Gasteiger partial charge is 0.166 e. The minimum absolute atomic E-state index is 0.614. The molecule has 5 heteroatoms. The molecule has 0 bridgehead atoms. The van der Waals surface area contributed by atoms with E-state index in [2.05, 4.69) is 163 Å². The van der Waals surface area contributed by atoms with Crippen molar-refractivity contribution in [2.24, 2.45) is 0 Å². The van der Waals surface area contributed by atoms with Crippen LogP contribution in [0.15, 0.2) is 188 Å². The molecule has 4 nitrogen and oxygen atoms in total. The molecule has 0 N–H and O–H groups in total. The van der Waals surface area contributed by atoms with E-state index in [9.17, 15) is 0 Å². The van der Waals surface area contributed by atoms with Crippen LogP contribution >= 0.6 is 11.3 Å². The number of fused-ring (bicyclic) bond motifs is 6. The molecule has 268 valence electrons. The fourth-order valence-corrected chi connectivity index (χ4v) is 9.30. The van der Waals surface area contributed by atoms with Crippen molar-refractivity contribution in [3.05, 3.63) is 194 Å². The average Bonchev–Trinajstić information content (AvgIpc) is 3.81. The van der Waals surface area contributed by atoms with Gasteiger partial charge in [-0.2, -0.15) is 0 Å². The van der Waals surface area contributed by atoms with E-state index in [1.54, 1.807) is 0 Å². The van der Waals surface area contributed by atoms with Gasteiger partial charge in [-0.1, -0.05) is 157 Å². The highest BCUT2D eigenvalue weighted by Crippen LogP contribution is 2.41. The van der Waals surface area contributed by atoms with Gasteiger partial charge < -0.3 is 4.57 Å². The summed E-state index contributed by atoms with van der Waals surface area (Å²) >= 11 is 1.84. The van der Waals surface area contributed by atoms with Gasteiger partial charge in [0, 0.05) is 47.6 Å². The van der Waals surface area contributed by atoms with E-state index in [0.717, 1.165) is 44.5 Å². The summed E-state index contributed by atoms with van der Waals surface area (Å²) in [7, 11) is 0. The van der Waals surface area contributed by atoms with Gasteiger partial charge in [0.05, 0.1) is 16.7 Å². The first-order valence-corrected chi connectivity index (χ1v) is 20.0. The molecule has 0 saturated carbocycles. The predicted molar refractivity (Wildman–Crippen MR) is 239 cm³/mol. The van der Waals surface area contributed by atoms with Crippen molar-refractivity contribution in [3.63, 3.8) is 0 Å². The van der Waals surface area contributed by atoms with Crippen LogP contribution in [0.25, 0.3) is 104 Å². The zero-order valence-corrected chi connectivity index (χ0v) is 31.9. The van der Waals surface area contributed by atoms with E-state index in [4.69, 9.17) is 15.0 Å². The highest BCUT2D eigenvalue weighted by atomic mass is 32.1. The zero-order chi connectivity index (χ0) is 37.9. The molecule has 0 unspecified atom stereocenters. The molecular formula is C52H34N4S. The van der Waals surface area contributed by atoms with E-state index in [-0.39, 0.29) is 0 Å². The summed E-state index contributed by atoms with van der Waals surface area (Å²) in [6.07, 6.45) is 0. The second-order valence-electron chi connectivity index (χ2n) is 14.5.